The number of nitrogens with zero attached hydrogens (tertiary/aromatic N) is 1. The van der Waals surface area contributed by atoms with Crippen LogP contribution in [0.15, 0.2) is 35.7 Å². The molecule has 1 aliphatic rings. The second kappa shape index (κ2) is 4.17. The lowest BCUT2D eigenvalue weighted by atomic mass is 10.2. The number of hydrogen-bond donors (Lipinski definition) is 1. The van der Waals surface area contributed by atoms with Crippen molar-refractivity contribution in [1.29, 1.82) is 0 Å². The van der Waals surface area contributed by atoms with E-state index in [-0.39, 0.29) is 17.5 Å². The summed E-state index contributed by atoms with van der Waals surface area (Å²) in [5, 5.41) is 14.6. The van der Waals surface area contributed by atoms with Crippen molar-refractivity contribution in [2.24, 2.45) is 0 Å². The summed E-state index contributed by atoms with van der Waals surface area (Å²) in [6.07, 6.45) is 1.54. The minimum Gasteiger partial charge on any atom is -0.378 e. The Kier molecular flexibility index (Phi) is 2.84. The molecule has 0 saturated carbocycles. The first kappa shape index (κ1) is 11.6. The predicted octanol–water partition coefficient (Wildman–Crippen LogP) is 1.32. The third-order valence-corrected chi connectivity index (χ3v) is 3.73. The Labute approximate surface area is 98.0 Å². The van der Waals surface area contributed by atoms with Crippen LogP contribution in [0.4, 0.5) is 11.4 Å². The highest BCUT2D eigenvalue weighted by Crippen LogP contribution is 2.20. The largest absolute Gasteiger partial charge is 0.378 e. The molecule has 0 fully saturated rings. The number of nitrogens with one attached hydrogen (secondary N) is 1. The van der Waals surface area contributed by atoms with Gasteiger partial charge < -0.3 is 5.32 Å². The fourth-order valence-corrected chi connectivity index (χ4v) is 2.82. The molecule has 17 heavy (non-hydrogen) atoms. The van der Waals surface area contributed by atoms with Crippen molar-refractivity contribution >= 4 is 21.2 Å². The van der Waals surface area contributed by atoms with Gasteiger partial charge in [0.15, 0.2) is 9.84 Å². The zero-order valence-corrected chi connectivity index (χ0v) is 9.55. The van der Waals surface area contributed by atoms with Gasteiger partial charge >= 0.3 is 0 Å². The summed E-state index contributed by atoms with van der Waals surface area (Å²) in [5.41, 5.74) is 0.505. The van der Waals surface area contributed by atoms with Crippen molar-refractivity contribution in [2.75, 3.05) is 11.1 Å². The molecule has 1 aliphatic heterocycles. The van der Waals surface area contributed by atoms with Gasteiger partial charge in [0, 0.05) is 23.2 Å². The summed E-state index contributed by atoms with van der Waals surface area (Å²) in [6, 6.07) is 5.63. The molecule has 1 N–H and O–H groups in total. The molecule has 1 heterocycles. The van der Waals surface area contributed by atoms with E-state index < -0.39 is 14.8 Å². The van der Waals surface area contributed by atoms with Crippen LogP contribution in [-0.2, 0) is 9.84 Å². The van der Waals surface area contributed by atoms with Gasteiger partial charge in [-0.3, -0.25) is 10.1 Å². The fraction of sp³-hybridized carbons (Fsp3) is 0.200. The molecule has 90 valence electrons. The smallest absolute Gasteiger partial charge is 0.271 e. The Bertz CT molecular complexity index is 580. The van der Waals surface area contributed by atoms with Crippen molar-refractivity contribution in [3.05, 3.63) is 45.9 Å². The first-order valence-corrected chi connectivity index (χ1v) is 6.60. The van der Waals surface area contributed by atoms with Crippen LogP contribution in [0.5, 0.6) is 0 Å². The van der Waals surface area contributed by atoms with E-state index in [9.17, 15) is 18.5 Å². The van der Waals surface area contributed by atoms with Crippen molar-refractivity contribution < 1.29 is 13.3 Å². The summed E-state index contributed by atoms with van der Waals surface area (Å²) >= 11 is 0. The van der Waals surface area contributed by atoms with E-state index in [0.717, 1.165) is 5.41 Å². The van der Waals surface area contributed by atoms with Crippen LogP contribution in [0, 0.1) is 10.1 Å². The quantitative estimate of drug-likeness (QED) is 0.649. The van der Waals surface area contributed by atoms with Gasteiger partial charge in [-0.2, -0.15) is 0 Å². The first-order chi connectivity index (χ1) is 7.96. The lowest BCUT2D eigenvalue weighted by molar-refractivity contribution is -0.384. The molecule has 1 aromatic rings. The minimum absolute atomic E-state index is 0.0182. The van der Waals surface area contributed by atoms with Gasteiger partial charge in [0.1, 0.15) is 0 Å². The van der Waals surface area contributed by atoms with E-state index in [1.807, 2.05) is 0 Å². The average molecular weight is 254 g/mol. The zero-order chi connectivity index (χ0) is 12.5. The summed E-state index contributed by atoms with van der Waals surface area (Å²) in [5.74, 6) is -0.0182. The highest BCUT2D eigenvalue weighted by atomic mass is 32.2. The van der Waals surface area contributed by atoms with Crippen LogP contribution in [-0.4, -0.2) is 25.1 Å². The predicted molar refractivity (Wildman–Crippen MR) is 63.4 cm³/mol. The van der Waals surface area contributed by atoms with E-state index in [0.29, 0.717) is 5.69 Å². The second-order valence-corrected chi connectivity index (χ2v) is 5.65. The van der Waals surface area contributed by atoms with E-state index in [4.69, 9.17) is 0 Å². The van der Waals surface area contributed by atoms with Crippen LogP contribution in [0.25, 0.3) is 0 Å². The van der Waals surface area contributed by atoms with Crippen LogP contribution < -0.4 is 5.32 Å². The van der Waals surface area contributed by atoms with E-state index in [2.05, 4.69) is 5.32 Å². The number of anilines is 1. The van der Waals surface area contributed by atoms with Crippen molar-refractivity contribution in [3.63, 3.8) is 0 Å². The molecule has 0 aliphatic carbocycles. The molecular formula is C10H10N2O4S. The number of sulfone groups is 1. The Morgan fingerprint density at radius 3 is 2.76 bits per heavy atom. The summed E-state index contributed by atoms with van der Waals surface area (Å²) in [4.78, 5) is 10.1. The maximum absolute atomic E-state index is 11.2. The van der Waals surface area contributed by atoms with Gasteiger partial charge in [0.2, 0.25) is 0 Å². The van der Waals surface area contributed by atoms with Gasteiger partial charge in [0.25, 0.3) is 5.69 Å². The molecule has 0 amide bonds. The third kappa shape index (κ3) is 2.82. The Balaban J connectivity index is 2.13. The van der Waals surface area contributed by atoms with Crippen molar-refractivity contribution in [3.8, 4) is 0 Å². The van der Waals surface area contributed by atoms with E-state index in [1.54, 1.807) is 12.1 Å². The molecule has 0 radical (unpaired) electrons. The highest BCUT2D eigenvalue weighted by Gasteiger charge is 2.21. The zero-order valence-electron chi connectivity index (χ0n) is 8.74. The maximum atomic E-state index is 11.2. The summed E-state index contributed by atoms with van der Waals surface area (Å²) in [7, 11) is -3.12. The van der Waals surface area contributed by atoms with E-state index >= 15 is 0 Å². The first-order valence-electron chi connectivity index (χ1n) is 4.88. The average Bonchev–Trinajstić information content (AvgIpc) is 2.58. The summed E-state index contributed by atoms with van der Waals surface area (Å²) in [6.45, 7) is 0. The van der Waals surface area contributed by atoms with Crippen LogP contribution in [0.3, 0.4) is 0 Å². The standard InChI is InChI=1S/C10H10N2O4S/c13-12(14)10-3-1-2-8(6-10)11-9-4-5-17(15,16)7-9/h1-6,9,11H,7H2. The third-order valence-electron chi connectivity index (χ3n) is 2.34. The lowest BCUT2D eigenvalue weighted by Gasteiger charge is -2.10. The molecule has 1 atom stereocenters. The van der Waals surface area contributed by atoms with Gasteiger partial charge in [-0.25, -0.2) is 8.42 Å². The molecular weight excluding hydrogens is 244 g/mol. The molecule has 6 nitrogen and oxygen atoms in total. The molecule has 1 unspecified atom stereocenters. The fourth-order valence-electron chi connectivity index (χ4n) is 1.59. The SMILES string of the molecule is O=[N+]([O-])c1cccc(NC2C=CS(=O)(=O)C2)c1. The van der Waals surface area contributed by atoms with Crippen molar-refractivity contribution in [1.82, 2.24) is 0 Å². The molecule has 0 aromatic heterocycles. The lowest BCUT2D eigenvalue weighted by Crippen LogP contribution is -2.20. The summed E-state index contributed by atoms with van der Waals surface area (Å²) < 4.78 is 22.3. The number of nitro benzene ring substituents is 1. The molecule has 7 heteroatoms. The monoisotopic (exact) mass is 254 g/mol. The van der Waals surface area contributed by atoms with Crippen molar-refractivity contribution in [2.45, 2.75) is 6.04 Å². The van der Waals surface area contributed by atoms with Gasteiger partial charge in [-0.15, -0.1) is 0 Å². The molecule has 1 aromatic carbocycles. The number of benzene rings is 1. The van der Waals surface area contributed by atoms with E-state index in [1.165, 1.54) is 18.2 Å². The molecule has 2 rings (SSSR count). The Morgan fingerprint density at radius 1 is 1.41 bits per heavy atom. The normalized spacial score (nSPS) is 21.3. The van der Waals surface area contributed by atoms with Gasteiger partial charge in [-0.05, 0) is 6.07 Å². The van der Waals surface area contributed by atoms with Crippen LogP contribution in [0.2, 0.25) is 0 Å². The Hall–Kier alpha value is -1.89. The number of hydrogen-bond acceptors (Lipinski definition) is 5. The number of rotatable bonds is 3. The molecule has 0 bridgehead atoms. The Morgan fingerprint density at radius 2 is 2.18 bits per heavy atom. The molecule has 0 saturated heterocycles. The van der Waals surface area contributed by atoms with Crippen LogP contribution in [0.1, 0.15) is 0 Å². The number of nitro groups is 1. The number of non-ortho nitro benzene ring substituents is 1. The highest BCUT2D eigenvalue weighted by molar-refractivity contribution is 7.94. The topological polar surface area (TPSA) is 89.3 Å². The van der Waals surface area contributed by atoms with Gasteiger partial charge in [0.05, 0.1) is 16.7 Å². The second-order valence-electron chi connectivity index (χ2n) is 3.72. The maximum Gasteiger partial charge on any atom is 0.271 e. The minimum atomic E-state index is -3.12. The van der Waals surface area contributed by atoms with Crippen LogP contribution >= 0.6 is 0 Å². The molecule has 0 spiro atoms. The van der Waals surface area contributed by atoms with Gasteiger partial charge in [-0.1, -0.05) is 12.1 Å².